The van der Waals surface area contributed by atoms with Crippen molar-refractivity contribution in [2.24, 2.45) is 5.92 Å². The second-order valence-corrected chi connectivity index (χ2v) is 7.85. The highest BCUT2D eigenvalue weighted by atomic mass is 32.2. The van der Waals surface area contributed by atoms with Crippen molar-refractivity contribution in [2.75, 3.05) is 18.8 Å². The van der Waals surface area contributed by atoms with E-state index >= 15 is 0 Å². The van der Waals surface area contributed by atoms with Crippen molar-refractivity contribution in [3.63, 3.8) is 0 Å². The highest BCUT2D eigenvalue weighted by Gasteiger charge is 2.30. The van der Waals surface area contributed by atoms with Gasteiger partial charge >= 0.3 is 0 Å². The van der Waals surface area contributed by atoms with Crippen molar-refractivity contribution in [2.45, 2.75) is 49.1 Å². The number of carbonyl (C=O) groups is 1. The van der Waals surface area contributed by atoms with Crippen molar-refractivity contribution in [1.29, 1.82) is 5.26 Å². The molecule has 0 aromatic heterocycles. The number of carbonyl (C=O) groups excluding carboxylic acids is 1. The molecule has 1 aliphatic heterocycles. The Bertz CT molecular complexity index is 586. The molecule has 5 heteroatoms. The minimum Gasteiger partial charge on any atom is -0.326 e. The van der Waals surface area contributed by atoms with E-state index in [9.17, 15) is 4.79 Å². The Hall–Kier alpha value is -1.51. The van der Waals surface area contributed by atoms with Gasteiger partial charge in [-0.1, -0.05) is 18.2 Å². The molecule has 3 atom stereocenters. The number of nitrogens with zero attached hydrogens (tertiary/aromatic N) is 2. The van der Waals surface area contributed by atoms with E-state index < -0.39 is 0 Å². The van der Waals surface area contributed by atoms with Crippen LogP contribution in [0.2, 0.25) is 0 Å². The molecule has 0 spiro atoms. The largest absolute Gasteiger partial charge is 0.326 e. The molecule has 3 rings (SSSR count). The first-order valence-electron chi connectivity index (χ1n) is 8.86. The maximum absolute atomic E-state index is 12.3. The first-order chi connectivity index (χ1) is 11.8. The van der Waals surface area contributed by atoms with Crippen LogP contribution in [-0.2, 0) is 4.79 Å². The standard InChI is InChI=1S/C19H25N3OS/c20-12-17-5-4-10-22(17)19(23)13-21-16-9-8-15(11-16)14-24-18-6-2-1-3-7-18/h1-3,6-7,15-17,21H,4-5,8-11,13-14H2. The number of thioether (sulfide) groups is 1. The molecule has 1 aromatic carbocycles. The number of rotatable bonds is 6. The maximum atomic E-state index is 12.3. The lowest BCUT2D eigenvalue weighted by Crippen LogP contribution is -2.42. The van der Waals surface area contributed by atoms with Crippen LogP contribution >= 0.6 is 11.8 Å². The highest BCUT2D eigenvalue weighted by Crippen LogP contribution is 2.31. The number of nitriles is 1. The number of benzene rings is 1. The van der Waals surface area contributed by atoms with Crippen molar-refractivity contribution in [3.05, 3.63) is 30.3 Å². The summed E-state index contributed by atoms with van der Waals surface area (Å²) >= 11 is 1.93. The van der Waals surface area contributed by atoms with E-state index in [0.29, 0.717) is 12.6 Å². The van der Waals surface area contributed by atoms with Gasteiger partial charge in [-0.2, -0.15) is 5.26 Å². The summed E-state index contributed by atoms with van der Waals surface area (Å²) in [5, 5.41) is 12.5. The Morgan fingerprint density at radius 2 is 2.12 bits per heavy atom. The zero-order valence-electron chi connectivity index (χ0n) is 14.0. The van der Waals surface area contributed by atoms with Crippen LogP contribution in [0.4, 0.5) is 0 Å². The fourth-order valence-electron chi connectivity index (χ4n) is 3.68. The van der Waals surface area contributed by atoms with Gasteiger partial charge in [0.05, 0.1) is 12.6 Å². The Morgan fingerprint density at radius 1 is 1.29 bits per heavy atom. The molecule has 1 heterocycles. The van der Waals surface area contributed by atoms with Crippen LogP contribution in [-0.4, -0.2) is 41.7 Å². The Kier molecular flexibility index (Phi) is 6.17. The normalized spacial score (nSPS) is 26.5. The molecular weight excluding hydrogens is 318 g/mol. The quantitative estimate of drug-likeness (QED) is 0.807. The van der Waals surface area contributed by atoms with E-state index in [-0.39, 0.29) is 11.9 Å². The van der Waals surface area contributed by atoms with E-state index in [1.54, 1.807) is 4.90 Å². The zero-order valence-corrected chi connectivity index (χ0v) is 14.8. The number of hydrogen-bond acceptors (Lipinski definition) is 4. The number of likely N-dealkylation sites (tertiary alicyclic amines) is 1. The van der Waals surface area contributed by atoms with Crippen LogP contribution in [0.25, 0.3) is 0 Å². The summed E-state index contributed by atoms with van der Waals surface area (Å²) in [6.45, 7) is 1.11. The van der Waals surface area contributed by atoms with Gasteiger partial charge in [-0.25, -0.2) is 0 Å². The molecule has 1 N–H and O–H groups in total. The van der Waals surface area contributed by atoms with Crippen LogP contribution in [0.15, 0.2) is 35.2 Å². The van der Waals surface area contributed by atoms with E-state index in [2.05, 4.69) is 35.7 Å². The van der Waals surface area contributed by atoms with Crippen molar-refractivity contribution < 1.29 is 4.79 Å². The van der Waals surface area contributed by atoms with Gasteiger partial charge in [-0.05, 0) is 50.2 Å². The minimum atomic E-state index is -0.210. The summed E-state index contributed by atoms with van der Waals surface area (Å²) in [6, 6.07) is 13.0. The fourth-order valence-corrected chi connectivity index (χ4v) is 4.76. The topological polar surface area (TPSA) is 56.1 Å². The molecule has 1 saturated carbocycles. The first-order valence-corrected chi connectivity index (χ1v) is 9.85. The first kappa shape index (κ1) is 17.3. The Balaban J connectivity index is 1.37. The Labute approximate surface area is 148 Å². The number of hydrogen-bond donors (Lipinski definition) is 1. The number of nitrogens with one attached hydrogen (secondary N) is 1. The van der Waals surface area contributed by atoms with Crippen LogP contribution in [0, 0.1) is 17.2 Å². The third-order valence-electron chi connectivity index (χ3n) is 5.03. The molecule has 128 valence electrons. The highest BCUT2D eigenvalue weighted by molar-refractivity contribution is 7.99. The fraction of sp³-hybridized carbons (Fsp3) is 0.579. The van der Waals surface area contributed by atoms with Crippen molar-refractivity contribution >= 4 is 17.7 Å². The van der Waals surface area contributed by atoms with Gasteiger partial charge in [-0.3, -0.25) is 4.79 Å². The van der Waals surface area contributed by atoms with Gasteiger partial charge in [0.1, 0.15) is 6.04 Å². The van der Waals surface area contributed by atoms with E-state index in [1.165, 1.54) is 11.3 Å². The summed E-state index contributed by atoms with van der Waals surface area (Å²) in [6.07, 6.45) is 5.30. The molecule has 0 bridgehead atoms. The molecule has 0 radical (unpaired) electrons. The predicted molar refractivity (Wildman–Crippen MR) is 96.6 cm³/mol. The lowest BCUT2D eigenvalue weighted by atomic mass is 10.1. The smallest absolute Gasteiger partial charge is 0.237 e. The van der Waals surface area contributed by atoms with E-state index in [1.807, 2.05) is 17.8 Å². The average Bonchev–Trinajstić information content (AvgIpc) is 3.28. The molecule has 3 unspecified atom stereocenters. The van der Waals surface area contributed by atoms with E-state index in [0.717, 1.165) is 43.9 Å². The SMILES string of the molecule is N#CC1CCCN1C(=O)CNC1CCC(CSc2ccccc2)C1. The van der Waals surface area contributed by atoms with Gasteiger partial charge in [0.2, 0.25) is 5.91 Å². The van der Waals surface area contributed by atoms with Crippen molar-refractivity contribution in [1.82, 2.24) is 10.2 Å². The zero-order chi connectivity index (χ0) is 16.8. The molecule has 2 fully saturated rings. The molecular formula is C19H25N3OS. The second kappa shape index (κ2) is 8.55. The van der Waals surface area contributed by atoms with Gasteiger partial charge < -0.3 is 10.2 Å². The van der Waals surface area contributed by atoms with Gasteiger partial charge in [0.25, 0.3) is 0 Å². The molecule has 24 heavy (non-hydrogen) atoms. The summed E-state index contributed by atoms with van der Waals surface area (Å²) in [5.74, 6) is 1.96. The van der Waals surface area contributed by atoms with Crippen LogP contribution < -0.4 is 5.32 Å². The average molecular weight is 343 g/mol. The predicted octanol–water partition coefficient (Wildman–Crippen LogP) is 3.05. The third-order valence-corrected chi connectivity index (χ3v) is 6.28. The van der Waals surface area contributed by atoms with Crippen LogP contribution in [0.1, 0.15) is 32.1 Å². The summed E-state index contributed by atoms with van der Waals surface area (Å²) in [5.41, 5.74) is 0. The maximum Gasteiger partial charge on any atom is 0.237 e. The van der Waals surface area contributed by atoms with Gasteiger partial charge in [-0.15, -0.1) is 11.8 Å². The third kappa shape index (κ3) is 4.52. The monoisotopic (exact) mass is 343 g/mol. The van der Waals surface area contributed by atoms with Crippen LogP contribution in [0.5, 0.6) is 0 Å². The molecule has 1 aliphatic carbocycles. The van der Waals surface area contributed by atoms with Gasteiger partial charge in [0, 0.05) is 23.2 Å². The van der Waals surface area contributed by atoms with Crippen molar-refractivity contribution in [3.8, 4) is 6.07 Å². The summed E-state index contributed by atoms with van der Waals surface area (Å²) < 4.78 is 0. The number of amides is 1. The van der Waals surface area contributed by atoms with Gasteiger partial charge in [0.15, 0.2) is 0 Å². The van der Waals surface area contributed by atoms with E-state index in [4.69, 9.17) is 5.26 Å². The molecule has 1 aromatic rings. The lowest BCUT2D eigenvalue weighted by molar-refractivity contribution is -0.130. The summed E-state index contributed by atoms with van der Waals surface area (Å²) in [7, 11) is 0. The molecule has 1 saturated heterocycles. The lowest BCUT2D eigenvalue weighted by Gasteiger charge is -2.21. The molecule has 1 amide bonds. The minimum absolute atomic E-state index is 0.0844. The second-order valence-electron chi connectivity index (χ2n) is 6.76. The van der Waals surface area contributed by atoms with Crippen LogP contribution in [0.3, 0.4) is 0 Å². The Morgan fingerprint density at radius 3 is 2.92 bits per heavy atom. The summed E-state index contributed by atoms with van der Waals surface area (Å²) in [4.78, 5) is 15.3. The molecule has 4 nitrogen and oxygen atoms in total. The molecule has 2 aliphatic rings.